The molecule has 1 aromatic rings. The van der Waals surface area contributed by atoms with E-state index in [1.165, 1.54) is 0 Å². The van der Waals surface area contributed by atoms with E-state index in [1.54, 1.807) is 20.8 Å². The van der Waals surface area contributed by atoms with Gasteiger partial charge in [-0.2, -0.15) is 0 Å². The number of hydrogen-bond donors (Lipinski definition) is 1. The SMILES string of the molecule is CC(C)(C)OC(=O)c1c(Cl)nc(N)nc1Cl. The van der Waals surface area contributed by atoms with Gasteiger partial charge in [-0.3, -0.25) is 0 Å². The highest BCUT2D eigenvalue weighted by atomic mass is 35.5. The number of halogens is 2. The molecule has 0 radical (unpaired) electrons. The summed E-state index contributed by atoms with van der Waals surface area (Å²) in [4.78, 5) is 19.0. The summed E-state index contributed by atoms with van der Waals surface area (Å²) >= 11 is 11.5. The Morgan fingerprint density at radius 1 is 1.25 bits per heavy atom. The summed E-state index contributed by atoms with van der Waals surface area (Å²) in [6, 6.07) is 0. The van der Waals surface area contributed by atoms with Crippen molar-refractivity contribution < 1.29 is 9.53 Å². The van der Waals surface area contributed by atoms with E-state index < -0.39 is 11.6 Å². The fourth-order valence-electron chi connectivity index (χ4n) is 0.921. The number of anilines is 1. The van der Waals surface area contributed by atoms with E-state index in [-0.39, 0.29) is 21.8 Å². The second kappa shape index (κ2) is 4.43. The Hall–Kier alpha value is -1.07. The molecule has 0 aliphatic heterocycles. The standard InChI is InChI=1S/C9H11Cl2N3O2/c1-9(2,3)16-7(15)4-5(10)13-8(12)14-6(4)11/h1-3H3,(H2,12,13,14). The van der Waals surface area contributed by atoms with E-state index in [9.17, 15) is 4.79 Å². The quantitative estimate of drug-likeness (QED) is 0.622. The zero-order valence-electron chi connectivity index (χ0n) is 9.04. The second-order valence-corrected chi connectivity index (χ2v) is 4.76. The van der Waals surface area contributed by atoms with Crippen molar-refractivity contribution in [3.05, 3.63) is 15.9 Å². The highest BCUT2D eigenvalue weighted by molar-refractivity contribution is 6.38. The second-order valence-electron chi connectivity index (χ2n) is 4.04. The van der Waals surface area contributed by atoms with Gasteiger partial charge in [-0.25, -0.2) is 14.8 Å². The van der Waals surface area contributed by atoms with Crippen LogP contribution in [0.3, 0.4) is 0 Å². The van der Waals surface area contributed by atoms with Crippen LogP contribution < -0.4 is 5.73 Å². The van der Waals surface area contributed by atoms with Gasteiger partial charge in [-0.05, 0) is 20.8 Å². The minimum absolute atomic E-state index is 0.0764. The molecule has 0 saturated carbocycles. The van der Waals surface area contributed by atoms with Gasteiger partial charge in [-0.1, -0.05) is 23.2 Å². The number of esters is 1. The maximum absolute atomic E-state index is 11.7. The molecule has 1 heterocycles. The molecule has 1 aromatic heterocycles. The van der Waals surface area contributed by atoms with Crippen molar-refractivity contribution in [2.45, 2.75) is 26.4 Å². The molecule has 0 amide bonds. The van der Waals surface area contributed by atoms with Gasteiger partial charge in [0.2, 0.25) is 5.95 Å². The van der Waals surface area contributed by atoms with Gasteiger partial charge in [0.05, 0.1) is 0 Å². The molecule has 5 nitrogen and oxygen atoms in total. The molecule has 0 spiro atoms. The number of nitrogens with zero attached hydrogens (tertiary/aromatic N) is 2. The Labute approximate surface area is 103 Å². The van der Waals surface area contributed by atoms with Crippen LogP contribution in [-0.4, -0.2) is 21.5 Å². The molecule has 0 unspecified atom stereocenters. The van der Waals surface area contributed by atoms with E-state index in [0.29, 0.717) is 0 Å². The third-order valence-corrected chi connectivity index (χ3v) is 1.99. The maximum Gasteiger partial charge on any atom is 0.344 e. The van der Waals surface area contributed by atoms with Gasteiger partial charge in [-0.15, -0.1) is 0 Å². The van der Waals surface area contributed by atoms with Crippen LogP contribution in [0, 0.1) is 0 Å². The van der Waals surface area contributed by atoms with Crippen molar-refractivity contribution in [1.29, 1.82) is 0 Å². The molecule has 0 aromatic carbocycles. The van der Waals surface area contributed by atoms with E-state index in [1.807, 2.05) is 0 Å². The summed E-state index contributed by atoms with van der Waals surface area (Å²) in [6.07, 6.45) is 0. The normalized spacial score (nSPS) is 11.3. The van der Waals surface area contributed by atoms with Gasteiger partial charge >= 0.3 is 5.97 Å². The number of carbonyl (C=O) groups is 1. The number of hydrogen-bond acceptors (Lipinski definition) is 5. The number of ether oxygens (including phenoxy) is 1. The number of rotatable bonds is 1. The van der Waals surface area contributed by atoms with Crippen LogP contribution in [0.4, 0.5) is 5.95 Å². The first-order chi connectivity index (χ1) is 7.20. The van der Waals surface area contributed by atoms with Gasteiger partial charge in [0.15, 0.2) is 10.3 Å². The van der Waals surface area contributed by atoms with Crippen molar-refractivity contribution in [2.75, 3.05) is 5.73 Å². The molecular weight excluding hydrogens is 253 g/mol. The van der Waals surface area contributed by atoms with Crippen LogP contribution in [0.25, 0.3) is 0 Å². The maximum atomic E-state index is 11.7. The minimum Gasteiger partial charge on any atom is -0.456 e. The van der Waals surface area contributed by atoms with Crippen LogP contribution in [0.1, 0.15) is 31.1 Å². The molecule has 0 aliphatic carbocycles. The minimum atomic E-state index is -0.678. The summed E-state index contributed by atoms with van der Waals surface area (Å²) in [5.74, 6) is -0.773. The topological polar surface area (TPSA) is 78.1 Å². The fourth-order valence-corrected chi connectivity index (χ4v) is 1.48. The van der Waals surface area contributed by atoms with E-state index in [2.05, 4.69) is 9.97 Å². The summed E-state index contributed by atoms with van der Waals surface area (Å²) in [6.45, 7) is 5.18. The zero-order valence-corrected chi connectivity index (χ0v) is 10.6. The summed E-state index contributed by atoms with van der Waals surface area (Å²) in [5.41, 5.74) is 4.59. The van der Waals surface area contributed by atoms with Gasteiger partial charge < -0.3 is 10.5 Å². The van der Waals surface area contributed by atoms with E-state index >= 15 is 0 Å². The lowest BCUT2D eigenvalue weighted by atomic mass is 10.2. The number of aromatic nitrogens is 2. The van der Waals surface area contributed by atoms with Crippen molar-refractivity contribution in [1.82, 2.24) is 9.97 Å². The predicted molar refractivity (Wildman–Crippen MR) is 61.6 cm³/mol. The van der Waals surface area contributed by atoms with E-state index in [4.69, 9.17) is 33.7 Å². The third-order valence-electron chi connectivity index (χ3n) is 1.44. The average molecular weight is 264 g/mol. The van der Waals surface area contributed by atoms with Crippen molar-refractivity contribution in [3.8, 4) is 0 Å². The first-order valence-electron chi connectivity index (χ1n) is 4.42. The van der Waals surface area contributed by atoms with Gasteiger partial charge in [0.25, 0.3) is 0 Å². The largest absolute Gasteiger partial charge is 0.456 e. The first kappa shape index (κ1) is 13.0. The monoisotopic (exact) mass is 263 g/mol. The van der Waals surface area contributed by atoms with Crippen LogP contribution in [-0.2, 0) is 4.74 Å². The first-order valence-corrected chi connectivity index (χ1v) is 5.18. The molecule has 0 saturated heterocycles. The highest BCUT2D eigenvalue weighted by Crippen LogP contribution is 2.24. The molecule has 0 fully saturated rings. The van der Waals surface area contributed by atoms with Gasteiger partial charge in [0, 0.05) is 0 Å². The van der Waals surface area contributed by atoms with Crippen LogP contribution >= 0.6 is 23.2 Å². The molecular formula is C9H11Cl2N3O2. The smallest absolute Gasteiger partial charge is 0.344 e. The zero-order chi connectivity index (χ0) is 12.5. The van der Waals surface area contributed by atoms with Crippen molar-refractivity contribution >= 4 is 35.1 Å². The van der Waals surface area contributed by atoms with Crippen LogP contribution in [0.5, 0.6) is 0 Å². The lowest BCUT2D eigenvalue weighted by molar-refractivity contribution is 0.00692. The summed E-state index contributed by atoms with van der Waals surface area (Å²) in [5, 5.41) is -0.237. The number of nitrogen functional groups attached to an aromatic ring is 1. The Balaban J connectivity index is 3.10. The lowest BCUT2D eigenvalue weighted by Crippen LogP contribution is -2.24. The van der Waals surface area contributed by atoms with Gasteiger partial charge in [0.1, 0.15) is 11.2 Å². The Bertz CT molecular complexity index is 406. The molecule has 16 heavy (non-hydrogen) atoms. The number of nitrogens with two attached hydrogens (primary N) is 1. The Kier molecular flexibility index (Phi) is 3.60. The summed E-state index contributed by atoms with van der Waals surface area (Å²) in [7, 11) is 0. The van der Waals surface area contributed by atoms with E-state index in [0.717, 1.165) is 0 Å². The molecule has 88 valence electrons. The third kappa shape index (κ3) is 3.21. The molecule has 1 rings (SSSR count). The molecule has 0 bridgehead atoms. The summed E-state index contributed by atoms with van der Waals surface area (Å²) < 4.78 is 5.10. The molecule has 0 aliphatic rings. The van der Waals surface area contributed by atoms with Crippen molar-refractivity contribution in [2.24, 2.45) is 0 Å². The molecule has 2 N–H and O–H groups in total. The average Bonchev–Trinajstić information content (AvgIpc) is 1.96. The lowest BCUT2D eigenvalue weighted by Gasteiger charge is -2.19. The fraction of sp³-hybridized carbons (Fsp3) is 0.444. The number of carbonyl (C=O) groups excluding carboxylic acids is 1. The predicted octanol–water partition coefficient (Wildman–Crippen LogP) is 2.32. The van der Waals surface area contributed by atoms with Crippen LogP contribution in [0.2, 0.25) is 10.3 Å². The van der Waals surface area contributed by atoms with Crippen LogP contribution in [0.15, 0.2) is 0 Å². The molecule has 7 heteroatoms. The Morgan fingerprint density at radius 3 is 2.06 bits per heavy atom. The molecule has 0 atom stereocenters. The van der Waals surface area contributed by atoms with Crippen molar-refractivity contribution in [3.63, 3.8) is 0 Å². The highest BCUT2D eigenvalue weighted by Gasteiger charge is 2.24. The Morgan fingerprint density at radius 2 is 1.69 bits per heavy atom.